The highest BCUT2D eigenvalue weighted by molar-refractivity contribution is 9.10. The zero-order chi connectivity index (χ0) is 16.7. The van der Waals surface area contributed by atoms with Crippen LogP contribution in [0.3, 0.4) is 0 Å². The lowest BCUT2D eigenvalue weighted by Crippen LogP contribution is -2.43. The molecule has 0 fully saturated rings. The molecule has 2 rings (SSSR count). The van der Waals surface area contributed by atoms with Gasteiger partial charge in [0.25, 0.3) is 11.8 Å². The lowest BCUT2D eigenvalue weighted by molar-refractivity contribution is -0.149. The van der Waals surface area contributed by atoms with Crippen molar-refractivity contribution in [1.29, 1.82) is 0 Å². The van der Waals surface area contributed by atoms with Gasteiger partial charge in [-0.05, 0) is 46.8 Å². The van der Waals surface area contributed by atoms with Crippen molar-refractivity contribution in [2.45, 2.75) is 19.3 Å². The summed E-state index contributed by atoms with van der Waals surface area (Å²) in [4.78, 5) is 35.0. The SMILES string of the molecule is O=C(COC(=O)C[C@H]1C=CCC1)NNC(=O)c1ccccc1Br. The van der Waals surface area contributed by atoms with E-state index in [9.17, 15) is 14.4 Å². The van der Waals surface area contributed by atoms with E-state index in [0.29, 0.717) is 10.0 Å². The number of rotatable bonds is 5. The summed E-state index contributed by atoms with van der Waals surface area (Å²) >= 11 is 3.25. The molecule has 0 radical (unpaired) electrons. The van der Waals surface area contributed by atoms with Gasteiger partial charge >= 0.3 is 5.97 Å². The molecule has 0 aliphatic heterocycles. The Kier molecular flexibility index (Phi) is 6.34. The molecule has 0 heterocycles. The zero-order valence-corrected chi connectivity index (χ0v) is 14.0. The molecule has 1 aromatic carbocycles. The second kappa shape index (κ2) is 8.47. The van der Waals surface area contributed by atoms with E-state index in [0.717, 1.165) is 12.8 Å². The summed E-state index contributed by atoms with van der Waals surface area (Å²) < 4.78 is 5.50. The predicted octanol–water partition coefficient (Wildman–Crippen LogP) is 2.11. The molecule has 23 heavy (non-hydrogen) atoms. The van der Waals surface area contributed by atoms with Crippen molar-refractivity contribution in [2.24, 2.45) is 5.92 Å². The highest BCUT2D eigenvalue weighted by Crippen LogP contribution is 2.20. The number of hydrogen-bond acceptors (Lipinski definition) is 4. The molecule has 1 aliphatic carbocycles. The van der Waals surface area contributed by atoms with Crippen LogP contribution in [0.15, 0.2) is 40.9 Å². The van der Waals surface area contributed by atoms with Gasteiger partial charge in [-0.1, -0.05) is 24.3 Å². The second-order valence-corrected chi connectivity index (χ2v) is 5.97. The van der Waals surface area contributed by atoms with Gasteiger partial charge in [0.2, 0.25) is 0 Å². The molecule has 0 bridgehead atoms. The average molecular weight is 381 g/mol. The molecule has 122 valence electrons. The minimum Gasteiger partial charge on any atom is -0.455 e. The quantitative estimate of drug-likeness (QED) is 0.465. The second-order valence-electron chi connectivity index (χ2n) is 5.11. The third kappa shape index (κ3) is 5.52. The van der Waals surface area contributed by atoms with Crippen molar-refractivity contribution in [3.8, 4) is 0 Å². The molecule has 6 nitrogen and oxygen atoms in total. The molecule has 1 aromatic rings. The fourth-order valence-electron chi connectivity index (χ4n) is 2.16. The summed E-state index contributed by atoms with van der Waals surface area (Å²) in [5.74, 6) is -1.29. The summed E-state index contributed by atoms with van der Waals surface area (Å²) in [5, 5.41) is 0. The Bertz CT molecular complexity index is 630. The number of hydrazine groups is 1. The number of ether oxygens (including phenoxy) is 1. The number of carbonyl (C=O) groups excluding carboxylic acids is 3. The minimum atomic E-state index is -0.597. The van der Waals surface area contributed by atoms with Crippen LogP contribution in [0, 0.1) is 5.92 Å². The van der Waals surface area contributed by atoms with E-state index in [1.165, 1.54) is 0 Å². The molecule has 0 saturated carbocycles. The van der Waals surface area contributed by atoms with Gasteiger partial charge in [0.05, 0.1) is 12.0 Å². The molecular formula is C16H17BrN2O4. The largest absolute Gasteiger partial charge is 0.455 e. The van der Waals surface area contributed by atoms with Gasteiger partial charge in [-0.2, -0.15) is 0 Å². The van der Waals surface area contributed by atoms with Crippen molar-refractivity contribution in [3.05, 3.63) is 46.5 Å². The Balaban J connectivity index is 1.68. The van der Waals surface area contributed by atoms with Crippen LogP contribution in [0.25, 0.3) is 0 Å². The van der Waals surface area contributed by atoms with Crippen LogP contribution in [0.2, 0.25) is 0 Å². The lowest BCUT2D eigenvalue weighted by atomic mass is 10.1. The van der Waals surface area contributed by atoms with Crippen molar-refractivity contribution < 1.29 is 19.1 Å². The Morgan fingerprint density at radius 1 is 1.22 bits per heavy atom. The number of halogens is 1. The highest BCUT2D eigenvalue weighted by atomic mass is 79.9. The summed E-state index contributed by atoms with van der Waals surface area (Å²) in [7, 11) is 0. The summed E-state index contributed by atoms with van der Waals surface area (Å²) in [6, 6.07) is 6.82. The molecule has 0 spiro atoms. The van der Waals surface area contributed by atoms with Gasteiger partial charge in [-0.15, -0.1) is 0 Å². The van der Waals surface area contributed by atoms with Crippen molar-refractivity contribution in [1.82, 2.24) is 10.9 Å². The Morgan fingerprint density at radius 2 is 2.00 bits per heavy atom. The lowest BCUT2D eigenvalue weighted by Gasteiger charge is -2.10. The fraction of sp³-hybridized carbons (Fsp3) is 0.312. The van der Waals surface area contributed by atoms with E-state index in [1.54, 1.807) is 24.3 Å². The summed E-state index contributed by atoms with van der Waals surface area (Å²) in [6.45, 7) is -0.425. The molecule has 7 heteroatoms. The Labute approximate surface area is 142 Å². The summed E-state index contributed by atoms with van der Waals surface area (Å²) in [5.41, 5.74) is 4.86. The first-order valence-electron chi connectivity index (χ1n) is 7.22. The van der Waals surface area contributed by atoms with Crippen LogP contribution in [0.5, 0.6) is 0 Å². The maximum Gasteiger partial charge on any atom is 0.306 e. The highest BCUT2D eigenvalue weighted by Gasteiger charge is 2.16. The van der Waals surface area contributed by atoms with Crippen LogP contribution >= 0.6 is 15.9 Å². The van der Waals surface area contributed by atoms with Crippen LogP contribution in [0.4, 0.5) is 0 Å². The maximum absolute atomic E-state index is 11.9. The molecule has 0 aromatic heterocycles. The third-order valence-electron chi connectivity index (χ3n) is 3.34. The number of nitrogens with one attached hydrogen (secondary N) is 2. The Hall–Kier alpha value is -2.15. The van der Waals surface area contributed by atoms with E-state index in [1.807, 2.05) is 12.2 Å². The van der Waals surface area contributed by atoms with Gasteiger partial charge in [0, 0.05) is 4.47 Å². The molecule has 1 atom stereocenters. The van der Waals surface area contributed by atoms with Gasteiger partial charge < -0.3 is 4.74 Å². The number of benzene rings is 1. The maximum atomic E-state index is 11.9. The number of hydrogen-bond donors (Lipinski definition) is 2. The van der Waals surface area contributed by atoms with E-state index in [4.69, 9.17) is 4.74 Å². The van der Waals surface area contributed by atoms with Crippen LogP contribution in [-0.2, 0) is 14.3 Å². The van der Waals surface area contributed by atoms with E-state index < -0.39 is 24.4 Å². The van der Waals surface area contributed by atoms with Gasteiger partial charge in [0.15, 0.2) is 6.61 Å². The molecule has 2 N–H and O–H groups in total. The molecule has 0 saturated heterocycles. The van der Waals surface area contributed by atoms with Crippen LogP contribution < -0.4 is 10.9 Å². The van der Waals surface area contributed by atoms with E-state index in [2.05, 4.69) is 26.8 Å². The minimum absolute atomic E-state index is 0.195. The Morgan fingerprint density at radius 3 is 2.70 bits per heavy atom. The summed E-state index contributed by atoms with van der Waals surface area (Å²) in [6.07, 6.45) is 6.19. The topological polar surface area (TPSA) is 84.5 Å². The first-order chi connectivity index (χ1) is 11.1. The first kappa shape index (κ1) is 17.2. The third-order valence-corrected chi connectivity index (χ3v) is 4.03. The predicted molar refractivity (Wildman–Crippen MR) is 87.2 cm³/mol. The van der Waals surface area contributed by atoms with Gasteiger partial charge in [0.1, 0.15) is 0 Å². The smallest absolute Gasteiger partial charge is 0.306 e. The van der Waals surface area contributed by atoms with Crippen molar-refractivity contribution >= 4 is 33.7 Å². The van der Waals surface area contributed by atoms with E-state index in [-0.39, 0.29) is 12.3 Å². The van der Waals surface area contributed by atoms with E-state index >= 15 is 0 Å². The first-order valence-corrected chi connectivity index (χ1v) is 8.01. The van der Waals surface area contributed by atoms with Crippen molar-refractivity contribution in [3.63, 3.8) is 0 Å². The monoisotopic (exact) mass is 380 g/mol. The standard InChI is InChI=1S/C16H17BrN2O4/c17-13-8-4-3-7-12(13)16(22)19-18-14(20)10-23-15(21)9-11-5-1-2-6-11/h1,3-5,7-8,11H,2,6,9-10H2,(H,18,20)(H,19,22)/t11-/m0/s1. The number of esters is 1. The van der Waals surface area contributed by atoms with Crippen molar-refractivity contribution in [2.75, 3.05) is 6.61 Å². The fourth-order valence-corrected chi connectivity index (χ4v) is 2.62. The number of allylic oxidation sites excluding steroid dienone is 2. The number of amides is 2. The zero-order valence-electron chi connectivity index (χ0n) is 12.4. The molecular weight excluding hydrogens is 364 g/mol. The van der Waals surface area contributed by atoms with Gasteiger partial charge in [-0.25, -0.2) is 0 Å². The average Bonchev–Trinajstić information content (AvgIpc) is 3.04. The molecule has 0 unspecified atom stereocenters. The van der Waals surface area contributed by atoms with Gasteiger partial charge in [-0.3, -0.25) is 25.2 Å². The molecule has 1 aliphatic rings. The van der Waals surface area contributed by atoms with Crippen LogP contribution in [0.1, 0.15) is 29.6 Å². The normalized spacial score (nSPS) is 16.0. The molecule has 2 amide bonds. The number of carbonyl (C=O) groups is 3. The van der Waals surface area contributed by atoms with Crippen LogP contribution in [-0.4, -0.2) is 24.4 Å².